The minimum absolute atomic E-state index is 0.638. The summed E-state index contributed by atoms with van der Waals surface area (Å²) in [6.07, 6.45) is 38.3. The molecule has 3 nitrogen and oxygen atoms in total. The Morgan fingerprint density at radius 1 is 0.432 bits per heavy atom. The van der Waals surface area contributed by atoms with Gasteiger partial charge in [0.05, 0.1) is 0 Å². The van der Waals surface area contributed by atoms with E-state index in [0.29, 0.717) is 12.8 Å². The zero-order chi connectivity index (χ0) is 27.3. The SMILES string of the molecule is CCCCCCCCCCCCCCCCC(N)(CCCCCCCCCCCCCCCC)C(=O)O. The van der Waals surface area contributed by atoms with Gasteiger partial charge in [-0.25, -0.2) is 0 Å². The van der Waals surface area contributed by atoms with Crippen molar-refractivity contribution in [1.82, 2.24) is 0 Å². The molecule has 222 valence electrons. The molecule has 0 aromatic rings. The number of rotatable bonds is 31. The molecule has 0 aliphatic rings. The van der Waals surface area contributed by atoms with Crippen LogP contribution in [0.1, 0.15) is 206 Å². The highest BCUT2D eigenvalue weighted by Gasteiger charge is 2.32. The van der Waals surface area contributed by atoms with Crippen molar-refractivity contribution in [2.75, 3.05) is 0 Å². The lowest BCUT2D eigenvalue weighted by atomic mass is 9.87. The van der Waals surface area contributed by atoms with E-state index in [2.05, 4.69) is 13.8 Å². The minimum atomic E-state index is -1.01. The number of nitrogens with two attached hydrogens (primary N) is 1. The van der Waals surface area contributed by atoms with Gasteiger partial charge in [0.1, 0.15) is 5.54 Å². The van der Waals surface area contributed by atoms with Crippen LogP contribution in [0.15, 0.2) is 0 Å². The smallest absolute Gasteiger partial charge is 0.323 e. The molecule has 0 aromatic carbocycles. The summed E-state index contributed by atoms with van der Waals surface area (Å²) in [5.41, 5.74) is 5.33. The molecule has 0 amide bonds. The number of carboxylic acid groups (broad SMARTS) is 1. The second-order valence-electron chi connectivity index (χ2n) is 12.2. The third-order valence-corrected chi connectivity index (χ3v) is 8.38. The van der Waals surface area contributed by atoms with Crippen LogP contribution in [0.4, 0.5) is 0 Å². The summed E-state index contributed by atoms with van der Waals surface area (Å²) < 4.78 is 0. The molecular weight excluding hydrogens is 454 g/mol. The first-order chi connectivity index (χ1) is 18.1. The lowest BCUT2D eigenvalue weighted by molar-refractivity contribution is -0.144. The molecule has 0 heterocycles. The maximum atomic E-state index is 11.8. The average Bonchev–Trinajstić information content (AvgIpc) is 2.89. The van der Waals surface area contributed by atoms with Gasteiger partial charge in [0.25, 0.3) is 0 Å². The molecule has 37 heavy (non-hydrogen) atoms. The number of carboxylic acids is 1. The average molecular weight is 524 g/mol. The van der Waals surface area contributed by atoms with Gasteiger partial charge in [0.15, 0.2) is 0 Å². The Kier molecular flexibility index (Phi) is 28.0. The van der Waals surface area contributed by atoms with Gasteiger partial charge in [-0.1, -0.05) is 194 Å². The molecule has 0 atom stereocenters. The summed E-state index contributed by atoms with van der Waals surface area (Å²) in [6, 6.07) is 0. The van der Waals surface area contributed by atoms with E-state index in [1.807, 2.05) is 0 Å². The maximum Gasteiger partial charge on any atom is 0.323 e. The molecule has 0 fully saturated rings. The quantitative estimate of drug-likeness (QED) is 0.0888. The Hall–Kier alpha value is -0.570. The van der Waals surface area contributed by atoms with Crippen LogP contribution in [0.2, 0.25) is 0 Å². The van der Waals surface area contributed by atoms with Gasteiger partial charge in [-0.2, -0.15) is 0 Å². The Morgan fingerprint density at radius 3 is 0.811 bits per heavy atom. The van der Waals surface area contributed by atoms with Gasteiger partial charge in [-0.15, -0.1) is 0 Å². The first-order valence-electron chi connectivity index (χ1n) is 17.1. The zero-order valence-corrected chi connectivity index (χ0v) is 25.6. The first-order valence-corrected chi connectivity index (χ1v) is 17.1. The molecule has 0 aliphatic carbocycles. The zero-order valence-electron chi connectivity index (χ0n) is 25.6. The van der Waals surface area contributed by atoms with Crippen molar-refractivity contribution in [1.29, 1.82) is 0 Å². The summed E-state index contributed by atoms with van der Waals surface area (Å²) >= 11 is 0. The predicted molar refractivity (Wildman–Crippen MR) is 164 cm³/mol. The lowest BCUT2D eigenvalue weighted by Crippen LogP contribution is -2.47. The van der Waals surface area contributed by atoms with Crippen molar-refractivity contribution < 1.29 is 9.90 Å². The number of hydrogen-bond acceptors (Lipinski definition) is 2. The molecule has 3 heteroatoms. The second kappa shape index (κ2) is 28.4. The fourth-order valence-corrected chi connectivity index (χ4v) is 5.61. The molecule has 0 unspecified atom stereocenters. The van der Waals surface area contributed by atoms with E-state index in [4.69, 9.17) is 5.73 Å². The van der Waals surface area contributed by atoms with Crippen LogP contribution < -0.4 is 5.73 Å². The maximum absolute atomic E-state index is 11.8. The highest BCUT2D eigenvalue weighted by molar-refractivity contribution is 5.78. The van der Waals surface area contributed by atoms with Crippen LogP contribution in [0.3, 0.4) is 0 Å². The van der Waals surface area contributed by atoms with Gasteiger partial charge in [-0.05, 0) is 12.8 Å². The van der Waals surface area contributed by atoms with Crippen LogP contribution in [0, 0.1) is 0 Å². The lowest BCUT2D eigenvalue weighted by Gasteiger charge is -2.24. The van der Waals surface area contributed by atoms with Gasteiger partial charge < -0.3 is 10.8 Å². The third-order valence-electron chi connectivity index (χ3n) is 8.38. The predicted octanol–water partition coefficient (Wildman–Crippen LogP) is 11.5. The standard InChI is InChI=1S/C34H69NO2/c1-3-5-7-9-11-13-15-17-19-21-23-25-27-29-31-34(35,33(36)37)32-30-28-26-24-22-20-18-16-14-12-10-8-6-4-2/h3-32,35H2,1-2H3,(H,36,37). The fraction of sp³-hybridized carbons (Fsp3) is 0.971. The van der Waals surface area contributed by atoms with Gasteiger partial charge in [0, 0.05) is 0 Å². The van der Waals surface area contributed by atoms with Crippen molar-refractivity contribution in [3.05, 3.63) is 0 Å². The summed E-state index contributed by atoms with van der Waals surface area (Å²) in [4.78, 5) is 11.8. The normalized spacial score (nSPS) is 11.9. The van der Waals surface area contributed by atoms with Crippen molar-refractivity contribution >= 4 is 5.97 Å². The minimum Gasteiger partial charge on any atom is -0.480 e. The fourth-order valence-electron chi connectivity index (χ4n) is 5.61. The Balaban J connectivity index is 3.55. The van der Waals surface area contributed by atoms with E-state index in [-0.39, 0.29) is 0 Å². The van der Waals surface area contributed by atoms with Crippen molar-refractivity contribution in [3.63, 3.8) is 0 Å². The Morgan fingerprint density at radius 2 is 0.622 bits per heavy atom. The van der Waals surface area contributed by atoms with Crippen LogP contribution in [0.25, 0.3) is 0 Å². The molecular formula is C34H69NO2. The van der Waals surface area contributed by atoms with Gasteiger partial charge in [-0.3, -0.25) is 4.79 Å². The van der Waals surface area contributed by atoms with Gasteiger partial charge in [0.2, 0.25) is 0 Å². The molecule has 0 bridgehead atoms. The molecule has 0 radical (unpaired) electrons. The largest absolute Gasteiger partial charge is 0.480 e. The molecule has 0 saturated carbocycles. The molecule has 0 aliphatic heterocycles. The van der Waals surface area contributed by atoms with Crippen molar-refractivity contribution in [2.24, 2.45) is 5.73 Å². The Bertz CT molecular complexity index is 433. The van der Waals surface area contributed by atoms with E-state index in [9.17, 15) is 9.90 Å². The number of unbranched alkanes of at least 4 members (excludes halogenated alkanes) is 26. The second-order valence-corrected chi connectivity index (χ2v) is 12.2. The number of carbonyl (C=O) groups is 1. The highest BCUT2D eigenvalue weighted by atomic mass is 16.4. The van der Waals surface area contributed by atoms with Crippen LogP contribution in [0.5, 0.6) is 0 Å². The monoisotopic (exact) mass is 524 g/mol. The number of hydrogen-bond donors (Lipinski definition) is 2. The van der Waals surface area contributed by atoms with Crippen LogP contribution in [-0.4, -0.2) is 16.6 Å². The molecule has 0 saturated heterocycles. The van der Waals surface area contributed by atoms with Crippen LogP contribution >= 0.6 is 0 Å². The van der Waals surface area contributed by atoms with Crippen LogP contribution in [-0.2, 0) is 4.79 Å². The van der Waals surface area contributed by atoms with Crippen molar-refractivity contribution in [2.45, 2.75) is 212 Å². The molecule has 0 spiro atoms. The van der Waals surface area contributed by atoms with E-state index in [0.717, 1.165) is 25.7 Å². The van der Waals surface area contributed by atoms with E-state index >= 15 is 0 Å². The third kappa shape index (κ3) is 25.5. The molecule has 0 rings (SSSR count). The molecule has 3 N–H and O–H groups in total. The van der Waals surface area contributed by atoms with E-state index in [1.54, 1.807) is 0 Å². The summed E-state index contributed by atoms with van der Waals surface area (Å²) in [5.74, 6) is -0.795. The highest BCUT2D eigenvalue weighted by Crippen LogP contribution is 2.22. The Labute approximate surface area is 233 Å². The van der Waals surface area contributed by atoms with Crippen molar-refractivity contribution in [3.8, 4) is 0 Å². The van der Waals surface area contributed by atoms with E-state index in [1.165, 1.54) is 154 Å². The summed E-state index contributed by atoms with van der Waals surface area (Å²) in [5, 5.41) is 9.72. The topological polar surface area (TPSA) is 63.3 Å². The summed E-state index contributed by atoms with van der Waals surface area (Å²) in [7, 11) is 0. The number of aliphatic carboxylic acids is 1. The molecule has 0 aromatic heterocycles. The summed E-state index contributed by atoms with van der Waals surface area (Å²) in [6.45, 7) is 4.56. The first kappa shape index (κ1) is 36.4. The van der Waals surface area contributed by atoms with E-state index < -0.39 is 11.5 Å². The van der Waals surface area contributed by atoms with Gasteiger partial charge >= 0.3 is 5.97 Å².